The van der Waals surface area contributed by atoms with Crippen molar-refractivity contribution in [1.82, 2.24) is 0 Å². The minimum atomic E-state index is -0.300. The third kappa shape index (κ3) is 3.07. The predicted molar refractivity (Wildman–Crippen MR) is 53.1 cm³/mol. The summed E-state index contributed by atoms with van der Waals surface area (Å²) in [5.41, 5.74) is 2.28. The van der Waals surface area contributed by atoms with Gasteiger partial charge >= 0.3 is 0 Å². The van der Waals surface area contributed by atoms with E-state index in [1.54, 1.807) is 14.0 Å². The Kier molecular flexibility index (Phi) is 3.32. The molecular weight excluding hydrogens is 164 g/mol. The summed E-state index contributed by atoms with van der Waals surface area (Å²) in [6, 6.07) is 6.00. The molecule has 0 bridgehead atoms. The average Bonchev–Trinajstić information content (AvgIpc) is 2.01. The van der Waals surface area contributed by atoms with Crippen LogP contribution in [0.15, 0.2) is 18.2 Å². The summed E-state index contributed by atoms with van der Waals surface area (Å²) >= 11 is 0. The van der Waals surface area contributed by atoms with Crippen LogP contribution < -0.4 is 4.74 Å². The fourth-order valence-corrected chi connectivity index (χ4v) is 1.40. The van der Waals surface area contributed by atoms with Gasteiger partial charge in [-0.2, -0.15) is 0 Å². The number of hydrogen-bond acceptors (Lipinski definition) is 2. The van der Waals surface area contributed by atoms with E-state index in [0.29, 0.717) is 6.42 Å². The zero-order chi connectivity index (χ0) is 9.84. The van der Waals surface area contributed by atoms with E-state index in [0.717, 1.165) is 16.9 Å². The van der Waals surface area contributed by atoms with Gasteiger partial charge in [0.1, 0.15) is 5.75 Å². The molecule has 0 aliphatic heterocycles. The summed E-state index contributed by atoms with van der Waals surface area (Å²) in [7, 11) is 1.65. The summed E-state index contributed by atoms with van der Waals surface area (Å²) in [5, 5.41) is 9.22. The first kappa shape index (κ1) is 10.1. The van der Waals surface area contributed by atoms with Crippen LogP contribution in [0.5, 0.6) is 5.75 Å². The molecule has 13 heavy (non-hydrogen) atoms. The highest BCUT2D eigenvalue weighted by Crippen LogP contribution is 2.17. The number of benzene rings is 1. The SMILES string of the molecule is COc1cc(C)cc(CC(C)O)c1. The minimum Gasteiger partial charge on any atom is -0.497 e. The molecule has 72 valence electrons. The molecule has 2 nitrogen and oxygen atoms in total. The lowest BCUT2D eigenvalue weighted by molar-refractivity contribution is 0.195. The maximum absolute atomic E-state index is 9.22. The number of aliphatic hydroxyl groups excluding tert-OH is 1. The van der Waals surface area contributed by atoms with E-state index in [1.807, 2.05) is 19.1 Å². The molecule has 1 aromatic rings. The molecule has 1 rings (SSSR count). The molecular formula is C11H16O2. The summed E-state index contributed by atoms with van der Waals surface area (Å²) in [6.07, 6.45) is 0.379. The quantitative estimate of drug-likeness (QED) is 0.770. The third-order valence-electron chi connectivity index (χ3n) is 1.88. The van der Waals surface area contributed by atoms with Crippen molar-refractivity contribution in [3.63, 3.8) is 0 Å². The molecule has 1 N–H and O–H groups in total. The lowest BCUT2D eigenvalue weighted by atomic mass is 10.1. The molecule has 1 unspecified atom stereocenters. The molecule has 0 heterocycles. The van der Waals surface area contributed by atoms with Crippen LogP contribution in [0.4, 0.5) is 0 Å². The Balaban J connectivity index is 2.88. The van der Waals surface area contributed by atoms with Crippen LogP contribution in [0.2, 0.25) is 0 Å². The van der Waals surface area contributed by atoms with Gasteiger partial charge in [-0.15, -0.1) is 0 Å². The van der Waals surface area contributed by atoms with Crippen LogP contribution in [0.3, 0.4) is 0 Å². The Morgan fingerprint density at radius 2 is 2.08 bits per heavy atom. The van der Waals surface area contributed by atoms with Crippen LogP contribution in [0.1, 0.15) is 18.1 Å². The number of rotatable bonds is 3. The standard InChI is InChI=1S/C11H16O2/c1-8-4-10(6-9(2)12)7-11(5-8)13-3/h4-5,7,9,12H,6H2,1-3H3. The number of methoxy groups -OCH3 is 1. The summed E-state index contributed by atoms with van der Waals surface area (Å²) in [4.78, 5) is 0. The molecule has 0 saturated heterocycles. The van der Waals surface area contributed by atoms with E-state index in [1.165, 1.54) is 0 Å². The Morgan fingerprint density at radius 1 is 1.38 bits per heavy atom. The van der Waals surface area contributed by atoms with Crippen molar-refractivity contribution in [2.45, 2.75) is 26.4 Å². The maximum atomic E-state index is 9.22. The lowest BCUT2D eigenvalue weighted by Gasteiger charge is -2.08. The molecule has 0 spiro atoms. The Labute approximate surface area is 79.2 Å². The molecule has 0 saturated carbocycles. The monoisotopic (exact) mass is 180 g/mol. The second-order valence-electron chi connectivity index (χ2n) is 3.41. The van der Waals surface area contributed by atoms with Gasteiger partial charge in [-0.25, -0.2) is 0 Å². The van der Waals surface area contributed by atoms with Gasteiger partial charge in [0.05, 0.1) is 13.2 Å². The Bertz CT molecular complexity index is 279. The fourth-order valence-electron chi connectivity index (χ4n) is 1.40. The van der Waals surface area contributed by atoms with Crippen molar-refractivity contribution >= 4 is 0 Å². The van der Waals surface area contributed by atoms with Crippen LogP contribution >= 0.6 is 0 Å². The molecule has 0 aliphatic carbocycles. The number of hydrogen-bond donors (Lipinski definition) is 1. The van der Waals surface area contributed by atoms with Crippen LogP contribution in [-0.2, 0) is 6.42 Å². The molecule has 0 fully saturated rings. The predicted octanol–water partition coefficient (Wildman–Crippen LogP) is 1.93. The highest BCUT2D eigenvalue weighted by atomic mass is 16.5. The molecule has 1 aromatic carbocycles. The van der Waals surface area contributed by atoms with Crippen LogP contribution in [-0.4, -0.2) is 18.3 Å². The smallest absolute Gasteiger partial charge is 0.119 e. The fraction of sp³-hybridized carbons (Fsp3) is 0.455. The van der Waals surface area contributed by atoms with Gasteiger partial charge in [-0.1, -0.05) is 6.07 Å². The molecule has 0 aliphatic rings. The molecule has 2 heteroatoms. The van der Waals surface area contributed by atoms with Crippen molar-refractivity contribution in [2.24, 2.45) is 0 Å². The summed E-state index contributed by atoms with van der Waals surface area (Å²) < 4.78 is 5.14. The zero-order valence-electron chi connectivity index (χ0n) is 8.37. The first-order valence-electron chi connectivity index (χ1n) is 4.44. The molecule has 0 radical (unpaired) electrons. The largest absolute Gasteiger partial charge is 0.497 e. The van der Waals surface area contributed by atoms with Gasteiger partial charge in [0.25, 0.3) is 0 Å². The first-order valence-corrected chi connectivity index (χ1v) is 4.44. The summed E-state index contributed by atoms with van der Waals surface area (Å²) in [5.74, 6) is 0.857. The maximum Gasteiger partial charge on any atom is 0.119 e. The number of aliphatic hydroxyl groups is 1. The van der Waals surface area contributed by atoms with Gasteiger partial charge in [0, 0.05) is 0 Å². The summed E-state index contributed by atoms with van der Waals surface area (Å²) in [6.45, 7) is 3.81. The second-order valence-corrected chi connectivity index (χ2v) is 3.41. The van der Waals surface area contributed by atoms with Crippen molar-refractivity contribution in [1.29, 1.82) is 0 Å². The van der Waals surface area contributed by atoms with E-state index in [9.17, 15) is 5.11 Å². The van der Waals surface area contributed by atoms with Crippen molar-refractivity contribution in [3.05, 3.63) is 29.3 Å². The van der Waals surface area contributed by atoms with E-state index in [4.69, 9.17) is 4.74 Å². The van der Waals surface area contributed by atoms with Gasteiger partial charge in [0.15, 0.2) is 0 Å². The third-order valence-corrected chi connectivity index (χ3v) is 1.88. The van der Waals surface area contributed by atoms with E-state index in [2.05, 4.69) is 6.07 Å². The first-order chi connectivity index (χ1) is 6.11. The van der Waals surface area contributed by atoms with Gasteiger partial charge in [-0.3, -0.25) is 0 Å². The number of ether oxygens (including phenoxy) is 1. The van der Waals surface area contributed by atoms with Gasteiger partial charge < -0.3 is 9.84 Å². The average molecular weight is 180 g/mol. The number of aryl methyl sites for hydroxylation is 1. The van der Waals surface area contributed by atoms with Crippen molar-refractivity contribution < 1.29 is 9.84 Å². The van der Waals surface area contributed by atoms with E-state index < -0.39 is 0 Å². The second kappa shape index (κ2) is 4.28. The van der Waals surface area contributed by atoms with Crippen molar-refractivity contribution in [3.8, 4) is 5.75 Å². The van der Waals surface area contributed by atoms with Gasteiger partial charge in [-0.05, 0) is 43.5 Å². The molecule has 1 atom stereocenters. The molecule has 0 amide bonds. The zero-order valence-corrected chi connectivity index (χ0v) is 8.37. The normalized spacial score (nSPS) is 12.6. The van der Waals surface area contributed by atoms with Crippen molar-refractivity contribution in [2.75, 3.05) is 7.11 Å². The highest BCUT2D eigenvalue weighted by Gasteiger charge is 2.01. The van der Waals surface area contributed by atoms with Crippen LogP contribution in [0.25, 0.3) is 0 Å². The van der Waals surface area contributed by atoms with E-state index >= 15 is 0 Å². The van der Waals surface area contributed by atoms with E-state index in [-0.39, 0.29) is 6.10 Å². The Morgan fingerprint density at radius 3 is 2.62 bits per heavy atom. The highest BCUT2D eigenvalue weighted by molar-refractivity contribution is 5.34. The Hall–Kier alpha value is -1.02. The molecule has 0 aromatic heterocycles. The topological polar surface area (TPSA) is 29.5 Å². The van der Waals surface area contributed by atoms with Gasteiger partial charge in [0.2, 0.25) is 0 Å². The van der Waals surface area contributed by atoms with Crippen LogP contribution in [0, 0.1) is 6.92 Å². The lowest BCUT2D eigenvalue weighted by Crippen LogP contribution is -2.04. The minimum absolute atomic E-state index is 0.300.